The van der Waals surface area contributed by atoms with Crippen LogP contribution in [0.1, 0.15) is 66.1 Å². The van der Waals surface area contributed by atoms with E-state index >= 15 is 0 Å². The van der Waals surface area contributed by atoms with Gasteiger partial charge < -0.3 is 10.4 Å². The topological polar surface area (TPSA) is 62.2 Å². The molecule has 4 nitrogen and oxygen atoms in total. The summed E-state index contributed by atoms with van der Waals surface area (Å²) < 4.78 is 0. The van der Waals surface area contributed by atoms with Gasteiger partial charge >= 0.3 is 0 Å². The predicted octanol–water partition coefficient (Wildman–Crippen LogP) is 4.58. The summed E-state index contributed by atoms with van der Waals surface area (Å²) in [7, 11) is 0. The van der Waals surface area contributed by atoms with Gasteiger partial charge in [0, 0.05) is 17.2 Å². The minimum atomic E-state index is -0.754. The second-order valence-corrected chi connectivity index (χ2v) is 8.28. The summed E-state index contributed by atoms with van der Waals surface area (Å²) in [6.45, 7) is 11.8. The molecule has 0 aliphatic heterocycles. The molecule has 5 heteroatoms. The van der Waals surface area contributed by atoms with E-state index in [9.17, 15) is 9.90 Å². The molecule has 124 valence electrons. The fourth-order valence-corrected chi connectivity index (χ4v) is 2.15. The molecule has 0 saturated heterocycles. The van der Waals surface area contributed by atoms with Gasteiger partial charge in [0.15, 0.2) is 0 Å². The first-order valence-corrected chi connectivity index (χ1v) is 7.93. The highest BCUT2D eigenvalue weighted by molar-refractivity contribution is 6.31. The van der Waals surface area contributed by atoms with Gasteiger partial charge in [-0.1, -0.05) is 53.1 Å². The van der Waals surface area contributed by atoms with E-state index in [0.717, 1.165) is 6.42 Å². The molecule has 1 amide bonds. The standard InChI is InChI=1S/C17H27ClN2O2/c1-16(2,3)9-7-12(21)13-11(18)8-10-19-14(13)20-15(22)17(4,5)6/h8,10,12,21H,7,9H2,1-6H3,(H,19,20,22). The predicted molar refractivity (Wildman–Crippen MR) is 91.0 cm³/mol. The van der Waals surface area contributed by atoms with Gasteiger partial charge in [-0.2, -0.15) is 0 Å². The van der Waals surface area contributed by atoms with Gasteiger partial charge in [0.2, 0.25) is 5.91 Å². The zero-order valence-electron chi connectivity index (χ0n) is 14.3. The molecule has 0 fully saturated rings. The molecule has 1 aromatic rings. The average Bonchev–Trinajstić information content (AvgIpc) is 2.34. The molecule has 0 radical (unpaired) electrons. The quantitative estimate of drug-likeness (QED) is 0.851. The van der Waals surface area contributed by atoms with Gasteiger partial charge in [0.05, 0.1) is 11.1 Å². The highest BCUT2D eigenvalue weighted by Gasteiger charge is 2.25. The van der Waals surface area contributed by atoms with Crippen LogP contribution in [0.15, 0.2) is 12.3 Å². The number of nitrogens with zero attached hydrogens (tertiary/aromatic N) is 1. The molecule has 1 atom stereocenters. The van der Waals surface area contributed by atoms with Crippen LogP contribution in [-0.4, -0.2) is 16.0 Å². The number of aliphatic hydroxyl groups is 1. The molecule has 0 aliphatic carbocycles. The molecule has 1 unspecified atom stereocenters. The van der Waals surface area contributed by atoms with Crippen molar-refractivity contribution in [2.75, 3.05) is 5.32 Å². The first-order valence-electron chi connectivity index (χ1n) is 7.56. The van der Waals surface area contributed by atoms with Gasteiger partial charge in [0.25, 0.3) is 0 Å². The zero-order valence-corrected chi connectivity index (χ0v) is 15.1. The van der Waals surface area contributed by atoms with Gasteiger partial charge in [-0.05, 0) is 24.3 Å². The third-order valence-corrected chi connectivity index (χ3v) is 3.68. The highest BCUT2D eigenvalue weighted by atomic mass is 35.5. The van der Waals surface area contributed by atoms with Crippen molar-refractivity contribution < 1.29 is 9.90 Å². The van der Waals surface area contributed by atoms with Crippen molar-refractivity contribution >= 4 is 23.3 Å². The van der Waals surface area contributed by atoms with Crippen LogP contribution in [0.3, 0.4) is 0 Å². The molecule has 22 heavy (non-hydrogen) atoms. The van der Waals surface area contributed by atoms with Crippen molar-refractivity contribution in [3.8, 4) is 0 Å². The first-order chi connectivity index (χ1) is 9.92. The fourth-order valence-electron chi connectivity index (χ4n) is 1.88. The largest absolute Gasteiger partial charge is 0.388 e. The number of halogens is 1. The van der Waals surface area contributed by atoms with Gasteiger partial charge in [-0.3, -0.25) is 4.79 Å². The molecule has 0 saturated carbocycles. The smallest absolute Gasteiger partial charge is 0.230 e. The Hall–Kier alpha value is -1.13. The minimum Gasteiger partial charge on any atom is -0.388 e. The molecule has 0 aromatic carbocycles. The summed E-state index contributed by atoms with van der Waals surface area (Å²) in [6, 6.07) is 1.63. The Morgan fingerprint density at radius 1 is 1.32 bits per heavy atom. The summed E-state index contributed by atoms with van der Waals surface area (Å²) in [6.07, 6.45) is 2.18. The number of hydrogen-bond acceptors (Lipinski definition) is 3. The lowest BCUT2D eigenvalue weighted by Crippen LogP contribution is -2.28. The number of carbonyl (C=O) groups is 1. The molecule has 1 heterocycles. The second kappa shape index (κ2) is 6.97. The number of amides is 1. The summed E-state index contributed by atoms with van der Waals surface area (Å²) in [5.74, 6) is 0.181. The van der Waals surface area contributed by atoms with Crippen molar-refractivity contribution in [3.63, 3.8) is 0 Å². The summed E-state index contributed by atoms with van der Waals surface area (Å²) in [4.78, 5) is 16.3. The van der Waals surface area contributed by atoms with Gasteiger partial charge in [0.1, 0.15) is 5.82 Å². The van der Waals surface area contributed by atoms with Crippen molar-refractivity contribution in [1.29, 1.82) is 0 Å². The normalized spacial score (nSPS) is 13.8. The maximum absolute atomic E-state index is 12.2. The number of aliphatic hydroxyl groups excluding tert-OH is 1. The van der Waals surface area contributed by atoms with E-state index in [-0.39, 0.29) is 11.3 Å². The molecule has 1 rings (SSSR count). The van der Waals surface area contributed by atoms with Crippen molar-refractivity contribution in [1.82, 2.24) is 4.98 Å². The Labute approximate surface area is 138 Å². The Kier molecular flexibility index (Phi) is 5.99. The Morgan fingerprint density at radius 3 is 2.41 bits per heavy atom. The first kappa shape index (κ1) is 18.9. The van der Waals surface area contributed by atoms with E-state index in [1.807, 2.05) is 20.8 Å². The molecule has 0 aliphatic rings. The molecular formula is C17H27ClN2O2. The monoisotopic (exact) mass is 326 g/mol. The molecule has 0 spiro atoms. The lowest BCUT2D eigenvalue weighted by atomic mass is 9.88. The van der Waals surface area contributed by atoms with Crippen LogP contribution >= 0.6 is 11.6 Å². The lowest BCUT2D eigenvalue weighted by molar-refractivity contribution is -0.123. The van der Waals surface area contributed by atoms with Crippen molar-refractivity contribution in [2.45, 2.75) is 60.5 Å². The van der Waals surface area contributed by atoms with Crippen LogP contribution in [0.5, 0.6) is 0 Å². The van der Waals surface area contributed by atoms with Crippen LogP contribution in [0.4, 0.5) is 5.82 Å². The number of rotatable bonds is 4. The maximum Gasteiger partial charge on any atom is 0.230 e. The summed E-state index contributed by atoms with van der Waals surface area (Å²) in [5, 5.41) is 13.7. The van der Waals surface area contributed by atoms with E-state index in [1.54, 1.807) is 6.07 Å². The third-order valence-electron chi connectivity index (χ3n) is 3.35. The summed E-state index contributed by atoms with van der Waals surface area (Å²) in [5.41, 5.74) is 0.0632. The number of anilines is 1. The van der Waals surface area contributed by atoms with Crippen LogP contribution in [0.25, 0.3) is 0 Å². The van der Waals surface area contributed by atoms with E-state index in [1.165, 1.54) is 6.20 Å². The van der Waals surface area contributed by atoms with Gasteiger partial charge in [-0.15, -0.1) is 0 Å². The van der Waals surface area contributed by atoms with Crippen LogP contribution in [0.2, 0.25) is 5.02 Å². The molecule has 2 N–H and O–H groups in total. The van der Waals surface area contributed by atoms with Gasteiger partial charge in [-0.25, -0.2) is 4.98 Å². The number of carbonyl (C=O) groups excluding carboxylic acids is 1. The highest BCUT2D eigenvalue weighted by Crippen LogP contribution is 2.34. The molecule has 1 aromatic heterocycles. The Balaban J connectivity index is 3.01. The van der Waals surface area contributed by atoms with Crippen LogP contribution in [-0.2, 0) is 4.79 Å². The van der Waals surface area contributed by atoms with E-state index in [0.29, 0.717) is 22.8 Å². The SMILES string of the molecule is CC(C)(C)CCC(O)c1c(Cl)ccnc1NC(=O)C(C)(C)C. The van der Waals surface area contributed by atoms with Crippen LogP contribution < -0.4 is 5.32 Å². The third kappa shape index (κ3) is 5.58. The Morgan fingerprint density at radius 2 is 1.91 bits per heavy atom. The van der Waals surface area contributed by atoms with E-state index in [2.05, 4.69) is 31.1 Å². The Bertz CT molecular complexity index is 530. The zero-order chi connectivity index (χ0) is 17.1. The fraction of sp³-hybridized carbons (Fsp3) is 0.647. The number of nitrogens with one attached hydrogen (secondary N) is 1. The lowest BCUT2D eigenvalue weighted by Gasteiger charge is -2.23. The second-order valence-electron chi connectivity index (χ2n) is 7.87. The maximum atomic E-state index is 12.2. The molecular weight excluding hydrogens is 300 g/mol. The number of aromatic nitrogens is 1. The molecule has 0 bridgehead atoms. The van der Waals surface area contributed by atoms with E-state index < -0.39 is 11.5 Å². The number of hydrogen-bond donors (Lipinski definition) is 2. The van der Waals surface area contributed by atoms with Crippen molar-refractivity contribution in [3.05, 3.63) is 22.8 Å². The summed E-state index contributed by atoms with van der Waals surface area (Å²) >= 11 is 6.22. The number of pyridine rings is 1. The van der Waals surface area contributed by atoms with E-state index in [4.69, 9.17) is 11.6 Å². The van der Waals surface area contributed by atoms with Crippen LogP contribution in [0, 0.1) is 10.8 Å². The minimum absolute atomic E-state index is 0.116. The van der Waals surface area contributed by atoms with Crippen molar-refractivity contribution in [2.24, 2.45) is 10.8 Å². The average molecular weight is 327 g/mol.